The summed E-state index contributed by atoms with van der Waals surface area (Å²) in [5.74, 6) is 0.211. The third-order valence-electron chi connectivity index (χ3n) is 4.28. The van der Waals surface area contributed by atoms with Crippen molar-refractivity contribution in [3.63, 3.8) is 0 Å². The van der Waals surface area contributed by atoms with Gasteiger partial charge in [-0.25, -0.2) is 4.79 Å². The molecule has 2 unspecified atom stereocenters. The van der Waals surface area contributed by atoms with Crippen molar-refractivity contribution in [3.05, 3.63) is 59.7 Å². The number of rotatable bonds is 9. The van der Waals surface area contributed by atoms with E-state index >= 15 is 0 Å². The largest absolute Gasteiger partial charge is 0.496 e. The van der Waals surface area contributed by atoms with Crippen molar-refractivity contribution in [1.29, 1.82) is 0 Å². The maximum absolute atomic E-state index is 12.4. The third kappa shape index (κ3) is 6.02. The van der Waals surface area contributed by atoms with Gasteiger partial charge in [0.15, 0.2) is 6.61 Å². The molecule has 0 spiro atoms. The molecule has 0 aromatic heterocycles. The van der Waals surface area contributed by atoms with Crippen LogP contribution in [-0.2, 0) is 9.59 Å². The monoisotopic (exact) mass is 371 g/mol. The van der Waals surface area contributed by atoms with E-state index in [4.69, 9.17) is 14.6 Å². The second-order valence-corrected chi connectivity index (χ2v) is 6.39. The second kappa shape index (κ2) is 9.62. The number of methoxy groups -OCH3 is 1. The van der Waals surface area contributed by atoms with Gasteiger partial charge in [-0.2, -0.15) is 0 Å². The number of aliphatic carboxylic acids is 1. The molecule has 6 nitrogen and oxygen atoms in total. The summed E-state index contributed by atoms with van der Waals surface area (Å²) in [6.45, 7) is 3.52. The standard InChI is InChI=1S/C21H25NO5/c1-14(18-6-4-5-7-19(18)26-3)12-20(23)22-15(2)16-8-10-17(11-9-16)27-13-21(24)25/h4-11,14-15H,12-13H2,1-3H3,(H,22,23)(H,24,25). The van der Waals surface area contributed by atoms with Crippen LogP contribution >= 0.6 is 0 Å². The van der Waals surface area contributed by atoms with Crippen LogP contribution in [-0.4, -0.2) is 30.7 Å². The van der Waals surface area contributed by atoms with E-state index in [0.717, 1.165) is 16.9 Å². The minimum absolute atomic E-state index is 0.0279. The Morgan fingerprint density at radius 2 is 1.74 bits per heavy atom. The average molecular weight is 371 g/mol. The molecule has 2 N–H and O–H groups in total. The predicted molar refractivity (Wildman–Crippen MR) is 102 cm³/mol. The summed E-state index contributed by atoms with van der Waals surface area (Å²) in [7, 11) is 1.62. The maximum atomic E-state index is 12.4. The van der Waals surface area contributed by atoms with Crippen molar-refractivity contribution < 1.29 is 24.2 Å². The van der Waals surface area contributed by atoms with Crippen LogP contribution in [0.15, 0.2) is 48.5 Å². The summed E-state index contributed by atoms with van der Waals surface area (Å²) < 4.78 is 10.5. The number of hydrogen-bond acceptors (Lipinski definition) is 4. The average Bonchev–Trinajstić information content (AvgIpc) is 2.66. The van der Waals surface area contributed by atoms with Gasteiger partial charge in [0.25, 0.3) is 0 Å². The van der Waals surface area contributed by atoms with Gasteiger partial charge in [0.2, 0.25) is 5.91 Å². The zero-order valence-electron chi connectivity index (χ0n) is 15.8. The van der Waals surface area contributed by atoms with Gasteiger partial charge in [-0.3, -0.25) is 4.79 Å². The number of nitrogens with one attached hydrogen (secondary N) is 1. The number of hydrogen-bond donors (Lipinski definition) is 2. The number of carbonyl (C=O) groups is 2. The molecule has 0 aliphatic carbocycles. The van der Waals surface area contributed by atoms with Gasteiger partial charge in [0.05, 0.1) is 13.2 Å². The van der Waals surface area contributed by atoms with Crippen LogP contribution in [0.25, 0.3) is 0 Å². The van der Waals surface area contributed by atoms with Gasteiger partial charge in [-0.05, 0) is 42.2 Å². The van der Waals surface area contributed by atoms with E-state index in [0.29, 0.717) is 12.2 Å². The van der Waals surface area contributed by atoms with E-state index in [9.17, 15) is 9.59 Å². The molecule has 2 rings (SSSR count). The third-order valence-corrected chi connectivity index (χ3v) is 4.28. The molecule has 0 heterocycles. The number of benzene rings is 2. The highest BCUT2D eigenvalue weighted by Gasteiger charge is 2.17. The van der Waals surface area contributed by atoms with Crippen LogP contribution in [0.4, 0.5) is 0 Å². The van der Waals surface area contributed by atoms with E-state index in [2.05, 4.69) is 5.32 Å². The molecular formula is C21H25NO5. The number of amides is 1. The van der Waals surface area contributed by atoms with Gasteiger partial charge >= 0.3 is 5.97 Å². The molecule has 2 aromatic rings. The first-order valence-electron chi connectivity index (χ1n) is 8.77. The molecule has 2 aromatic carbocycles. The first-order chi connectivity index (χ1) is 12.9. The first-order valence-corrected chi connectivity index (χ1v) is 8.77. The van der Waals surface area contributed by atoms with Crippen LogP contribution in [0.5, 0.6) is 11.5 Å². The minimum atomic E-state index is -1.02. The quantitative estimate of drug-likeness (QED) is 0.704. The Bertz CT molecular complexity index is 772. The molecule has 27 heavy (non-hydrogen) atoms. The minimum Gasteiger partial charge on any atom is -0.496 e. The summed E-state index contributed by atoms with van der Waals surface area (Å²) >= 11 is 0. The molecule has 6 heteroatoms. The van der Waals surface area contributed by atoms with Gasteiger partial charge in [0, 0.05) is 6.42 Å². The maximum Gasteiger partial charge on any atom is 0.341 e. The van der Waals surface area contributed by atoms with E-state index in [1.807, 2.05) is 50.2 Å². The molecule has 0 radical (unpaired) electrons. The SMILES string of the molecule is COc1ccccc1C(C)CC(=O)NC(C)c1ccc(OCC(=O)O)cc1. The zero-order valence-corrected chi connectivity index (χ0v) is 15.8. The lowest BCUT2D eigenvalue weighted by Crippen LogP contribution is -2.27. The van der Waals surface area contributed by atoms with Crippen molar-refractivity contribution >= 4 is 11.9 Å². The molecule has 2 atom stereocenters. The van der Waals surface area contributed by atoms with E-state index < -0.39 is 5.97 Å². The fraction of sp³-hybridized carbons (Fsp3) is 0.333. The second-order valence-electron chi connectivity index (χ2n) is 6.39. The van der Waals surface area contributed by atoms with E-state index in [1.165, 1.54) is 0 Å². The summed E-state index contributed by atoms with van der Waals surface area (Å²) in [6.07, 6.45) is 0.352. The van der Waals surface area contributed by atoms with E-state index in [1.54, 1.807) is 19.2 Å². The Morgan fingerprint density at radius 3 is 2.37 bits per heavy atom. The molecule has 0 bridgehead atoms. The summed E-state index contributed by atoms with van der Waals surface area (Å²) in [4.78, 5) is 22.9. The van der Waals surface area contributed by atoms with Crippen LogP contribution in [0.1, 0.15) is 43.4 Å². The summed E-state index contributed by atoms with van der Waals surface area (Å²) in [5.41, 5.74) is 1.92. The van der Waals surface area contributed by atoms with Gasteiger partial charge < -0.3 is 19.9 Å². The zero-order chi connectivity index (χ0) is 19.8. The highest BCUT2D eigenvalue weighted by Crippen LogP contribution is 2.28. The lowest BCUT2D eigenvalue weighted by Gasteiger charge is -2.18. The fourth-order valence-electron chi connectivity index (χ4n) is 2.84. The topological polar surface area (TPSA) is 84.9 Å². The molecule has 0 aliphatic heterocycles. The number of carboxylic acids is 1. The Kier molecular flexibility index (Phi) is 7.23. The van der Waals surface area contributed by atoms with Crippen LogP contribution < -0.4 is 14.8 Å². The first kappa shape index (κ1) is 20.3. The molecule has 0 saturated heterocycles. The Hall–Kier alpha value is -3.02. The fourth-order valence-corrected chi connectivity index (χ4v) is 2.84. The molecular weight excluding hydrogens is 346 g/mol. The number of carboxylic acid groups (broad SMARTS) is 1. The summed E-state index contributed by atoms with van der Waals surface area (Å²) in [6, 6.07) is 14.5. The Labute approximate surface area is 159 Å². The van der Waals surface area contributed by atoms with Crippen LogP contribution in [0, 0.1) is 0 Å². The molecule has 0 aliphatic rings. The lowest BCUT2D eigenvalue weighted by atomic mass is 9.96. The van der Waals surface area contributed by atoms with Gasteiger partial charge in [-0.15, -0.1) is 0 Å². The lowest BCUT2D eigenvalue weighted by molar-refractivity contribution is -0.139. The Morgan fingerprint density at radius 1 is 1.07 bits per heavy atom. The van der Waals surface area contributed by atoms with Crippen molar-refractivity contribution in [2.75, 3.05) is 13.7 Å². The molecule has 0 saturated carbocycles. The molecule has 0 fully saturated rings. The normalized spacial score (nSPS) is 12.7. The molecule has 144 valence electrons. The van der Waals surface area contributed by atoms with E-state index in [-0.39, 0.29) is 24.5 Å². The highest BCUT2D eigenvalue weighted by molar-refractivity contribution is 5.77. The van der Waals surface area contributed by atoms with Crippen LogP contribution in [0.3, 0.4) is 0 Å². The number of carbonyl (C=O) groups excluding carboxylic acids is 1. The van der Waals surface area contributed by atoms with Crippen molar-refractivity contribution in [1.82, 2.24) is 5.32 Å². The Balaban J connectivity index is 1.92. The molecule has 1 amide bonds. The van der Waals surface area contributed by atoms with Gasteiger partial charge in [-0.1, -0.05) is 37.3 Å². The van der Waals surface area contributed by atoms with Gasteiger partial charge in [0.1, 0.15) is 11.5 Å². The van der Waals surface area contributed by atoms with Crippen molar-refractivity contribution in [2.45, 2.75) is 32.2 Å². The van der Waals surface area contributed by atoms with Crippen LogP contribution in [0.2, 0.25) is 0 Å². The predicted octanol–water partition coefficient (Wildman–Crippen LogP) is 3.53. The smallest absolute Gasteiger partial charge is 0.341 e. The number of ether oxygens (including phenoxy) is 2. The highest BCUT2D eigenvalue weighted by atomic mass is 16.5. The van der Waals surface area contributed by atoms with Crippen molar-refractivity contribution in [3.8, 4) is 11.5 Å². The number of para-hydroxylation sites is 1. The van der Waals surface area contributed by atoms with Crippen molar-refractivity contribution in [2.24, 2.45) is 0 Å². The summed E-state index contributed by atoms with van der Waals surface area (Å²) in [5, 5.41) is 11.6.